The number of hydrogen-bond acceptors (Lipinski definition) is 4. The molecular formula is C10H10N2O3. The van der Waals surface area contributed by atoms with Crippen LogP contribution in [0.2, 0.25) is 0 Å². The van der Waals surface area contributed by atoms with Crippen LogP contribution in [0.1, 0.15) is 23.0 Å². The monoisotopic (exact) mass is 206 g/mol. The van der Waals surface area contributed by atoms with Gasteiger partial charge in [-0.1, -0.05) is 6.92 Å². The van der Waals surface area contributed by atoms with Crippen molar-refractivity contribution in [1.82, 2.24) is 4.98 Å². The van der Waals surface area contributed by atoms with E-state index in [-0.39, 0.29) is 17.2 Å². The van der Waals surface area contributed by atoms with Crippen LogP contribution in [0.4, 0.5) is 5.69 Å². The molecule has 0 aliphatic carbocycles. The molecule has 2 rings (SSSR count). The van der Waals surface area contributed by atoms with Crippen LogP contribution < -0.4 is 5.73 Å². The average molecular weight is 206 g/mol. The lowest BCUT2D eigenvalue weighted by Gasteiger charge is -1.97. The van der Waals surface area contributed by atoms with Crippen LogP contribution in [0, 0.1) is 0 Å². The van der Waals surface area contributed by atoms with Crippen LogP contribution >= 0.6 is 0 Å². The Morgan fingerprint density at radius 1 is 1.67 bits per heavy atom. The number of pyridine rings is 1. The molecule has 0 fully saturated rings. The molecule has 2 heterocycles. The first-order valence-corrected chi connectivity index (χ1v) is 4.54. The third kappa shape index (κ3) is 1.32. The molecule has 0 aliphatic heterocycles. The van der Waals surface area contributed by atoms with Crippen molar-refractivity contribution in [1.29, 1.82) is 0 Å². The third-order valence-corrected chi connectivity index (χ3v) is 2.29. The summed E-state index contributed by atoms with van der Waals surface area (Å²) in [7, 11) is 0. The second-order valence-corrected chi connectivity index (χ2v) is 3.15. The largest absolute Gasteiger partial charge is 0.475 e. The Kier molecular flexibility index (Phi) is 2.07. The van der Waals surface area contributed by atoms with E-state index < -0.39 is 5.97 Å². The van der Waals surface area contributed by atoms with Crippen LogP contribution in [0.15, 0.2) is 16.7 Å². The Hall–Kier alpha value is -2.04. The summed E-state index contributed by atoms with van der Waals surface area (Å²) in [5.41, 5.74) is 7.08. The van der Waals surface area contributed by atoms with Gasteiger partial charge in [0.1, 0.15) is 0 Å². The summed E-state index contributed by atoms with van der Waals surface area (Å²) in [5.74, 6) is -1.41. The molecule has 5 heteroatoms. The number of nitrogens with two attached hydrogens (primary N) is 1. The fourth-order valence-electron chi connectivity index (χ4n) is 1.56. The van der Waals surface area contributed by atoms with Crippen LogP contribution in [0.3, 0.4) is 0 Å². The number of furan rings is 1. The molecule has 0 unspecified atom stereocenters. The summed E-state index contributed by atoms with van der Waals surface area (Å²) >= 11 is 0. The van der Waals surface area contributed by atoms with Crippen molar-refractivity contribution >= 4 is 22.8 Å². The molecule has 0 spiro atoms. The number of aromatic nitrogens is 1. The van der Waals surface area contributed by atoms with Gasteiger partial charge in [0.2, 0.25) is 11.5 Å². The first-order valence-electron chi connectivity index (χ1n) is 4.54. The van der Waals surface area contributed by atoms with Crippen molar-refractivity contribution in [2.45, 2.75) is 13.3 Å². The number of carbonyl (C=O) groups is 1. The zero-order valence-corrected chi connectivity index (χ0v) is 8.15. The minimum absolute atomic E-state index is 0.155. The van der Waals surface area contributed by atoms with Crippen molar-refractivity contribution < 1.29 is 14.3 Å². The van der Waals surface area contributed by atoms with Gasteiger partial charge in [-0.15, -0.1) is 0 Å². The molecule has 0 atom stereocenters. The summed E-state index contributed by atoms with van der Waals surface area (Å²) < 4.78 is 5.07. The number of rotatable bonds is 2. The summed E-state index contributed by atoms with van der Waals surface area (Å²) in [6.45, 7) is 1.96. The molecule has 0 aromatic carbocycles. The Morgan fingerprint density at radius 2 is 2.40 bits per heavy atom. The Morgan fingerprint density at radius 3 is 3.00 bits per heavy atom. The number of fused-ring (bicyclic) bond motifs is 1. The fraction of sp³-hybridized carbons (Fsp3) is 0.200. The first kappa shape index (κ1) is 9.51. The molecule has 5 nitrogen and oxygen atoms in total. The minimum Gasteiger partial charge on any atom is -0.475 e. The zero-order chi connectivity index (χ0) is 11.0. The Balaban J connectivity index is 2.82. The maximum atomic E-state index is 10.8. The topological polar surface area (TPSA) is 89.3 Å². The van der Waals surface area contributed by atoms with Crippen molar-refractivity contribution in [3.05, 3.63) is 23.6 Å². The van der Waals surface area contributed by atoms with Crippen molar-refractivity contribution in [3.8, 4) is 0 Å². The highest BCUT2D eigenvalue weighted by Crippen LogP contribution is 2.29. The van der Waals surface area contributed by atoms with Gasteiger partial charge in [0.15, 0.2) is 0 Å². The smallest absolute Gasteiger partial charge is 0.374 e. The van der Waals surface area contributed by atoms with E-state index in [4.69, 9.17) is 15.3 Å². The van der Waals surface area contributed by atoms with E-state index in [2.05, 4.69) is 4.98 Å². The third-order valence-electron chi connectivity index (χ3n) is 2.29. The van der Waals surface area contributed by atoms with Gasteiger partial charge in [-0.2, -0.15) is 0 Å². The summed E-state index contributed by atoms with van der Waals surface area (Å²) in [4.78, 5) is 14.7. The maximum Gasteiger partial charge on any atom is 0.374 e. The zero-order valence-electron chi connectivity index (χ0n) is 8.15. The highest BCUT2D eigenvalue weighted by atomic mass is 16.4. The van der Waals surface area contributed by atoms with E-state index in [9.17, 15) is 4.79 Å². The van der Waals surface area contributed by atoms with Crippen LogP contribution in [-0.4, -0.2) is 16.1 Å². The molecule has 2 aromatic heterocycles. The molecule has 0 radical (unpaired) electrons. The number of anilines is 1. The van der Waals surface area contributed by atoms with Gasteiger partial charge >= 0.3 is 5.97 Å². The number of nitrogens with zero attached hydrogens (tertiary/aromatic N) is 1. The van der Waals surface area contributed by atoms with Crippen molar-refractivity contribution in [3.63, 3.8) is 0 Å². The minimum atomic E-state index is -1.17. The lowest BCUT2D eigenvalue weighted by Crippen LogP contribution is -1.98. The van der Waals surface area contributed by atoms with Crippen LogP contribution in [0.5, 0.6) is 0 Å². The van der Waals surface area contributed by atoms with Gasteiger partial charge in [0.25, 0.3) is 0 Å². The molecule has 0 saturated carbocycles. The molecule has 0 bridgehead atoms. The molecule has 0 saturated heterocycles. The van der Waals surface area contributed by atoms with Gasteiger partial charge in [-0.05, 0) is 18.1 Å². The molecular weight excluding hydrogens is 196 g/mol. The number of aryl methyl sites for hydroxylation is 1. The molecule has 0 amide bonds. The van der Waals surface area contributed by atoms with Crippen LogP contribution in [0.25, 0.3) is 11.1 Å². The Bertz CT molecular complexity index is 531. The van der Waals surface area contributed by atoms with E-state index in [1.165, 1.54) is 0 Å². The van der Waals surface area contributed by atoms with Gasteiger partial charge in [0, 0.05) is 6.20 Å². The second kappa shape index (κ2) is 3.27. The standard InChI is InChI=1S/C10H10N2O3/c1-2-5-3-4-12-9-6(5)7(11)8(15-9)10(13)14/h3-4H,2,11H2,1H3,(H,13,14). The van der Waals surface area contributed by atoms with E-state index in [0.29, 0.717) is 5.39 Å². The molecule has 78 valence electrons. The number of carboxylic acids is 1. The summed E-state index contributed by atoms with van der Waals surface area (Å²) in [5, 5.41) is 9.44. The lowest BCUT2D eigenvalue weighted by molar-refractivity contribution is 0.0666. The second-order valence-electron chi connectivity index (χ2n) is 3.15. The number of nitrogen functional groups attached to an aromatic ring is 1. The summed E-state index contributed by atoms with van der Waals surface area (Å²) in [6.07, 6.45) is 2.33. The SMILES string of the molecule is CCc1ccnc2oc(C(=O)O)c(N)c12. The number of aromatic carboxylic acids is 1. The van der Waals surface area contributed by atoms with E-state index in [1.807, 2.05) is 6.92 Å². The van der Waals surface area contributed by atoms with Crippen molar-refractivity contribution in [2.75, 3.05) is 5.73 Å². The molecule has 15 heavy (non-hydrogen) atoms. The normalized spacial score (nSPS) is 10.7. The predicted octanol–water partition coefficient (Wildman–Crippen LogP) is 1.67. The number of carboxylic acid groups (broad SMARTS) is 1. The van der Waals surface area contributed by atoms with Crippen molar-refractivity contribution in [2.24, 2.45) is 0 Å². The highest BCUT2D eigenvalue weighted by Gasteiger charge is 2.19. The van der Waals surface area contributed by atoms with Gasteiger partial charge < -0.3 is 15.3 Å². The first-order chi connectivity index (χ1) is 7.15. The fourth-order valence-corrected chi connectivity index (χ4v) is 1.56. The molecule has 0 aliphatic rings. The van der Waals surface area contributed by atoms with Crippen LogP contribution in [-0.2, 0) is 6.42 Å². The maximum absolute atomic E-state index is 10.8. The number of hydrogen-bond donors (Lipinski definition) is 2. The molecule has 3 N–H and O–H groups in total. The lowest BCUT2D eigenvalue weighted by atomic mass is 10.1. The van der Waals surface area contributed by atoms with Gasteiger partial charge in [-0.25, -0.2) is 9.78 Å². The summed E-state index contributed by atoms with van der Waals surface area (Å²) in [6, 6.07) is 1.81. The van der Waals surface area contributed by atoms with Gasteiger partial charge in [0.05, 0.1) is 11.1 Å². The quantitative estimate of drug-likeness (QED) is 0.780. The molecule has 2 aromatic rings. The van der Waals surface area contributed by atoms with E-state index >= 15 is 0 Å². The Labute approximate surface area is 85.5 Å². The van der Waals surface area contributed by atoms with E-state index in [1.54, 1.807) is 12.3 Å². The predicted molar refractivity (Wildman–Crippen MR) is 54.8 cm³/mol. The highest BCUT2D eigenvalue weighted by molar-refractivity contribution is 6.02. The van der Waals surface area contributed by atoms with Gasteiger partial charge in [-0.3, -0.25) is 0 Å². The van der Waals surface area contributed by atoms with E-state index in [0.717, 1.165) is 12.0 Å². The average Bonchev–Trinajstić information content (AvgIpc) is 2.56.